The number of amides is 2. The Hall–Kier alpha value is -3.85. The second-order valence-corrected chi connectivity index (χ2v) is 15.5. The van der Waals surface area contributed by atoms with Crippen molar-refractivity contribution >= 4 is 34.7 Å². The molecule has 44 heavy (non-hydrogen) atoms. The summed E-state index contributed by atoms with van der Waals surface area (Å²) in [6.07, 6.45) is 8.40. The van der Waals surface area contributed by atoms with Gasteiger partial charge in [-0.15, -0.1) is 11.3 Å². The smallest absolute Gasteiger partial charge is 0.325 e. The number of hydrogen-bond donors (Lipinski definition) is 3. The highest BCUT2D eigenvalue weighted by Gasteiger charge is 2.33. The van der Waals surface area contributed by atoms with Crippen molar-refractivity contribution in [1.82, 2.24) is 20.6 Å². The van der Waals surface area contributed by atoms with Crippen LogP contribution in [0.1, 0.15) is 93.9 Å². The number of thiophene rings is 1. The Morgan fingerprint density at radius 2 is 1.59 bits per heavy atom. The fourth-order valence-corrected chi connectivity index (χ4v) is 6.88. The number of carboxylic acid groups (broad SMARTS) is 1. The lowest BCUT2D eigenvalue weighted by Crippen LogP contribution is -2.51. The minimum Gasteiger partial charge on any atom is -0.480 e. The quantitative estimate of drug-likeness (QED) is 0.247. The first-order valence-corrected chi connectivity index (χ1v) is 15.8. The molecule has 0 saturated heterocycles. The number of carbonyl (C=O) groups excluding carboxylic acids is 2. The molecule has 2 atom stereocenters. The normalized spacial score (nSPS) is 17.2. The highest BCUT2D eigenvalue weighted by atomic mass is 32.1. The second-order valence-electron chi connectivity index (χ2n) is 14.4. The van der Waals surface area contributed by atoms with Crippen LogP contribution in [0.15, 0.2) is 54.9 Å². The predicted molar refractivity (Wildman–Crippen MR) is 175 cm³/mol. The Bertz CT molecular complexity index is 1550. The zero-order valence-electron chi connectivity index (χ0n) is 26.9. The minimum atomic E-state index is -1.15. The van der Waals surface area contributed by atoms with Crippen molar-refractivity contribution in [3.8, 4) is 11.4 Å². The van der Waals surface area contributed by atoms with Gasteiger partial charge in [-0.25, -0.2) is 9.97 Å². The molecule has 9 heteroatoms. The van der Waals surface area contributed by atoms with Gasteiger partial charge in [0.1, 0.15) is 12.1 Å². The monoisotopic (exact) mass is 616 g/mol. The molecule has 2 heterocycles. The summed E-state index contributed by atoms with van der Waals surface area (Å²) in [4.78, 5) is 48.5. The predicted octanol–water partition coefficient (Wildman–Crippen LogP) is 6.66. The molecule has 1 aliphatic rings. The van der Waals surface area contributed by atoms with Gasteiger partial charge in [-0.2, -0.15) is 0 Å². The number of carboxylic acids is 1. The van der Waals surface area contributed by atoms with Crippen LogP contribution in [0.4, 0.5) is 0 Å². The van der Waals surface area contributed by atoms with E-state index >= 15 is 0 Å². The van der Waals surface area contributed by atoms with Crippen LogP contribution in [0.2, 0.25) is 0 Å². The summed E-state index contributed by atoms with van der Waals surface area (Å²) < 4.78 is 0. The largest absolute Gasteiger partial charge is 0.480 e. The van der Waals surface area contributed by atoms with Crippen molar-refractivity contribution in [3.05, 3.63) is 75.7 Å². The number of aliphatic carboxylic acids is 1. The van der Waals surface area contributed by atoms with Crippen molar-refractivity contribution in [2.45, 2.75) is 92.2 Å². The van der Waals surface area contributed by atoms with Crippen molar-refractivity contribution in [2.75, 3.05) is 0 Å². The standard InChI is InChI=1S/C35H44N4O4S/c1-21(32(42)43)38-30(40)26(39-31(41)27-13-14-28(44-27)33(2,3)4)15-22-9-11-23(12-10-22)29-36-18-25(19-37-29)24-16-34(5,6)20-35(7,8)17-24/h9-14,16,18-19,21,26H,15,17,20H2,1-8H3,(H,38,40)(H,39,41)(H,42,43)/t21-,26+/m1/s1. The maximum atomic E-state index is 13.1. The third-order valence-corrected chi connectivity index (χ3v) is 9.27. The van der Waals surface area contributed by atoms with Gasteiger partial charge in [-0.3, -0.25) is 14.4 Å². The molecule has 3 aromatic rings. The number of carbonyl (C=O) groups is 3. The van der Waals surface area contributed by atoms with Crippen molar-refractivity contribution in [1.29, 1.82) is 0 Å². The summed E-state index contributed by atoms with van der Waals surface area (Å²) >= 11 is 1.38. The van der Waals surface area contributed by atoms with Gasteiger partial charge in [-0.05, 0) is 59.3 Å². The molecule has 0 bridgehead atoms. The number of hydrogen-bond acceptors (Lipinski definition) is 6. The molecule has 4 rings (SSSR count). The van der Waals surface area contributed by atoms with E-state index in [1.165, 1.54) is 23.8 Å². The van der Waals surface area contributed by atoms with Crippen molar-refractivity contribution in [3.63, 3.8) is 0 Å². The Kier molecular flexibility index (Phi) is 9.49. The van der Waals surface area contributed by atoms with E-state index in [1.807, 2.05) is 42.7 Å². The molecule has 2 aromatic heterocycles. The summed E-state index contributed by atoms with van der Waals surface area (Å²) in [5, 5.41) is 14.6. The van der Waals surface area contributed by atoms with E-state index in [9.17, 15) is 19.5 Å². The van der Waals surface area contributed by atoms with E-state index in [1.54, 1.807) is 6.07 Å². The van der Waals surface area contributed by atoms with Crippen molar-refractivity contribution in [2.24, 2.45) is 10.8 Å². The summed E-state index contributed by atoms with van der Waals surface area (Å²) in [7, 11) is 0. The molecule has 0 spiro atoms. The average Bonchev–Trinajstić information content (AvgIpc) is 3.43. The molecule has 0 unspecified atom stereocenters. The van der Waals surface area contributed by atoms with Gasteiger partial charge in [0.2, 0.25) is 5.91 Å². The zero-order chi connectivity index (χ0) is 32.4. The summed E-state index contributed by atoms with van der Waals surface area (Å²) in [6, 6.07) is 9.13. The van der Waals surface area contributed by atoms with E-state index in [-0.39, 0.29) is 28.6 Å². The highest BCUT2D eigenvalue weighted by molar-refractivity contribution is 7.14. The van der Waals surface area contributed by atoms with Crippen LogP contribution in [0.3, 0.4) is 0 Å². The molecule has 1 aliphatic carbocycles. The van der Waals surface area contributed by atoms with Crippen molar-refractivity contribution < 1.29 is 19.5 Å². The topological polar surface area (TPSA) is 121 Å². The van der Waals surface area contributed by atoms with Gasteiger partial charge in [0.15, 0.2) is 5.82 Å². The Labute approximate surface area is 264 Å². The van der Waals surface area contributed by atoms with Crippen LogP contribution in [0, 0.1) is 10.8 Å². The van der Waals surface area contributed by atoms with E-state index in [4.69, 9.17) is 0 Å². The number of nitrogens with zero attached hydrogens (tertiary/aromatic N) is 2. The summed E-state index contributed by atoms with van der Waals surface area (Å²) in [6.45, 7) is 16.7. The molecular weight excluding hydrogens is 572 g/mol. The zero-order valence-corrected chi connectivity index (χ0v) is 27.8. The van der Waals surface area contributed by atoms with E-state index in [0.717, 1.165) is 34.4 Å². The molecule has 3 N–H and O–H groups in total. The molecule has 0 aliphatic heterocycles. The SMILES string of the molecule is C[C@@H](NC(=O)[C@H](Cc1ccc(-c2ncc(C3=CC(C)(C)CC(C)(C)C3)cn2)cc1)NC(=O)c1ccc(C(C)(C)C)s1)C(=O)O. The van der Waals surface area contributed by atoms with E-state index in [0.29, 0.717) is 10.7 Å². The van der Waals surface area contributed by atoms with Crippen LogP contribution in [-0.2, 0) is 21.4 Å². The number of rotatable bonds is 9. The van der Waals surface area contributed by atoms with Gasteiger partial charge in [0.05, 0.1) is 4.88 Å². The van der Waals surface area contributed by atoms with Crippen LogP contribution in [-0.4, -0.2) is 44.9 Å². The Morgan fingerprint density at radius 1 is 0.955 bits per heavy atom. The fourth-order valence-electron chi connectivity index (χ4n) is 5.92. The molecule has 2 amide bonds. The first kappa shape index (κ1) is 33.1. The van der Waals surface area contributed by atoms with Gasteiger partial charge in [0, 0.05) is 34.8 Å². The van der Waals surface area contributed by atoms with Crippen LogP contribution in [0.25, 0.3) is 17.0 Å². The number of allylic oxidation sites excluding steroid dienone is 2. The number of aromatic nitrogens is 2. The Morgan fingerprint density at radius 3 is 2.14 bits per heavy atom. The fraction of sp³-hybridized carbons (Fsp3) is 0.457. The second kappa shape index (κ2) is 12.6. The van der Waals surface area contributed by atoms with Gasteiger partial charge >= 0.3 is 5.97 Å². The van der Waals surface area contributed by atoms with Gasteiger partial charge < -0.3 is 15.7 Å². The van der Waals surface area contributed by atoms with Gasteiger partial charge in [0.25, 0.3) is 5.91 Å². The van der Waals surface area contributed by atoms with Crippen LogP contribution < -0.4 is 10.6 Å². The summed E-state index contributed by atoms with van der Waals surface area (Å²) in [5.74, 6) is -1.50. The lowest BCUT2D eigenvalue weighted by molar-refractivity contribution is -0.141. The minimum absolute atomic E-state index is 0.107. The third kappa shape index (κ3) is 8.40. The molecule has 0 fully saturated rings. The van der Waals surface area contributed by atoms with E-state index < -0.39 is 24.0 Å². The van der Waals surface area contributed by atoms with Crippen LogP contribution in [0.5, 0.6) is 0 Å². The highest BCUT2D eigenvalue weighted by Crippen LogP contribution is 2.47. The third-order valence-electron chi connectivity index (χ3n) is 7.76. The molecule has 1 aromatic carbocycles. The molecule has 0 saturated carbocycles. The lowest BCUT2D eigenvalue weighted by atomic mass is 9.66. The average molecular weight is 617 g/mol. The maximum absolute atomic E-state index is 13.1. The lowest BCUT2D eigenvalue weighted by Gasteiger charge is -2.39. The molecular formula is C35H44N4O4S. The molecule has 8 nitrogen and oxygen atoms in total. The molecule has 0 radical (unpaired) electrons. The first-order chi connectivity index (χ1) is 20.4. The maximum Gasteiger partial charge on any atom is 0.325 e. The van der Waals surface area contributed by atoms with Gasteiger partial charge in [-0.1, -0.05) is 78.8 Å². The molecule has 234 valence electrons. The van der Waals surface area contributed by atoms with Crippen LogP contribution >= 0.6 is 11.3 Å². The Balaban J connectivity index is 1.50. The van der Waals surface area contributed by atoms with E-state index in [2.05, 4.69) is 75.1 Å². The number of benzene rings is 1. The summed E-state index contributed by atoms with van der Waals surface area (Å²) in [5.41, 5.74) is 4.15. The number of nitrogens with one attached hydrogen (secondary N) is 2. The first-order valence-electron chi connectivity index (χ1n) is 15.0.